The predicted molar refractivity (Wildman–Crippen MR) is 37.1 cm³/mol. The SMILES string of the molecule is Cl.O=C(O)C1(CF)CCC1. The monoisotopic (exact) mass is 168 g/mol. The number of aliphatic carboxylic acids is 1. The van der Waals surface area contributed by atoms with Crippen LogP contribution >= 0.6 is 12.4 Å². The molecule has 0 aliphatic heterocycles. The smallest absolute Gasteiger partial charge is 0.312 e. The summed E-state index contributed by atoms with van der Waals surface area (Å²) in [7, 11) is 0. The van der Waals surface area contributed by atoms with Gasteiger partial charge in [0.05, 0.1) is 5.41 Å². The lowest BCUT2D eigenvalue weighted by Crippen LogP contribution is -2.39. The maximum absolute atomic E-state index is 12.0. The third kappa shape index (κ3) is 1.24. The van der Waals surface area contributed by atoms with Crippen molar-refractivity contribution in [3.63, 3.8) is 0 Å². The zero-order valence-electron chi connectivity index (χ0n) is 5.47. The van der Waals surface area contributed by atoms with Crippen molar-refractivity contribution in [3.05, 3.63) is 0 Å². The van der Waals surface area contributed by atoms with E-state index in [4.69, 9.17) is 5.11 Å². The van der Waals surface area contributed by atoms with E-state index < -0.39 is 18.1 Å². The van der Waals surface area contributed by atoms with Crippen LogP contribution in [0, 0.1) is 5.41 Å². The normalized spacial score (nSPS) is 20.5. The lowest BCUT2D eigenvalue weighted by atomic mass is 9.70. The molecule has 0 heterocycles. The van der Waals surface area contributed by atoms with E-state index in [1.54, 1.807) is 0 Å². The quantitative estimate of drug-likeness (QED) is 0.681. The fraction of sp³-hybridized carbons (Fsp3) is 0.833. The first-order valence-electron chi connectivity index (χ1n) is 3.01. The molecule has 0 spiro atoms. The maximum atomic E-state index is 12.0. The van der Waals surface area contributed by atoms with Crippen LogP contribution in [0.4, 0.5) is 4.39 Å². The number of hydrogen-bond donors (Lipinski definition) is 1. The van der Waals surface area contributed by atoms with Gasteiger partial charge in [0, 0.05) is 0 Å². The molecule has 1 fully saturated rings. The van der Waals surface area contributed by atoms with Crippen LogP contribution in [0.1, 0.15) is 19.3 Å². The highest BCUT2D eigenvalue weighted by Crippen LogP contribution is 2.41. The van der Waals surface area contributed by atoms with Gasteiger partial charge in [0.2, 0.25) is 0 Å². The molecule has 4 heteroatoms. The van der Waals surface area contributed by atoms with Crippen LogP contribution in [0.15, 0.2) is 0 Å². The summed E-state index contributed by atoms with van der Waals surface area (Å²) < 4.78 is 12.0. The van der Waals surface area contributed by atoms with Gasteiger partial charge in [-0.2, -0.15) is 0 Å². The molecule has 1 saturated carbocycles. The third-order valence-electron chi connectivity index (χ3n) is 2.02. The van der Waals surface area contributed by atoms with Gasteiger partial charge >= 0.3 is 5.97 Å². The van der Waals surface area contributed by atoms with Gasteiger partial charge in [-0.05, 0) is 12.8 Å². The Kier molecular flexibility index (Phi) is 3.09. The number of hydrogen-bond acceptors (Lipinski definition) is 1. The third-order valence-corrected chi connectivity index (χ3v) is 2.02. The number of alkyl halides is 1. The van der Waals surface area contributed by atoms with Crippen molar-refractivity contribution in [3.8, 4) is 0 Å². The Balaban J connectivity index is 0.000000810. The summed E-state index contributed by atoms with van der Waals surface area (Å²) in [6, 6.07) is 0. The van der Waals surface area contributed by atoms with E-state index in [1.807, 2.05) is 0 Å². The molecule has 0 aromatic carbocycles. The molecule has 10 heavy (non-hydrogen) atoms. The Hall–Kier alpha value is -0.310. The Labute approximate surface area is 64.8 Å². The number of carboxylic acid groups (broad SMARTS) is 1. The van der Waals surface area contributed by atoms with Crippen molar-refractivity contribution < 1.29 is 14.3 Å². The molecular formula is C6H10ClFO2. The Morgan fingerprint density at radius 2 is 2.10 bits per heavy atom. The highest BCUT2D eigenvalue weighted by molar-refractivity contribution is 5.85. The summed E-state index contributed by atoms with van der Waals surface area (Å²) in [5.41, 5.74) is -0.986. The molecule has 1 rings (SSSR count). The molecule has 0 bridgehead atoms. The van der Waals surface area contributed by atoms with Crippen LogP contribution in [0.3, 0.4) is 0 Å². The molecule has 0 saturated heterocycles. The van der Waals surface area contributed by atoms with E-state index in [-0.39, 0.29) is 12.4 Å². The summed E-state index contributed by atoms with van der Waals surface area (Å²) in [6.07, 6.45) is 1.88. The van der Waals surface area contributed by atoms with Gasteiger partial charge in [-0.15, -0.1) is 12.4 Å². The molecule has 0 unspecified atom stereocenters. The van der Waals surface area contributed by atoms with Gasteiger partial charge in [-0.25, -0.2) is 4.39 Å². The minimum absolute atomic E-state index is 0. The molecule has 60 valence electrons. The van der Waals surface area contributed by atoms with Gasteiger partial charge in [-0.1, -0.05) is 6.42 Å². The molecule has 0 aromatic rings. The zero-order chi connectivity index (χ0) is 6.91. The van der Waals surface area contributed by atoms with E-state index in [0.29, 0.717) is 12.8 Å². The Bertz CT molecular complexity index is 128. The minimum atomic E-state index is -0.986. The first-order valence-corrected chi connectivity index (χ1v) is 3.01. The van der Waals surface area contributed by atoms with Crippen molar-refractivity contribution in [2.75, 3.05) is 6.67 Å². The number of carbonyl (C=O) groups is 1. The second-order valence-corrected chi connectivity index (χ2v) is 2.57. The molecule has 1 N–H and O–H groups in total. The molecule has 1 aliphatic carbocycles. The van der Waals surface area contributed by atoms with Crippen LogP contribution in [-0.4, -0.2) is 17.8 Å². The maximum Gasteiger partial charge on any atom is 0.312 e. The largest absolute Gasteiger partial charge is 0.481 e. The van der Waals surface area contributed by atoms with Gasteiger partial charge < -0.3 is 5.11 Å². The van der Waals surface area contributed by atoms with Crippen LogP contribution in [0.2, 0.25) is 0 Å². The standard InChI is InChI=1S/C6H9FO2.ClH/c7-4-6(5(8)9)2-1-3-6;/h1-4H2,(H,8,9);1H. The second-order valence-electron chi connectivity index (χ2n) is 2.57. The molecular weight excluding hydrogens is 159 g/mol. The van der Waals surface area contributed by atoms with Gasteiger partial charge in [0.1, 0.15) is 6.67 Å². The predicted octanol–water partition coefficient (Wildman–Crippen LogP) is 1.63. The fourth-order valence-electron chi connectivity index (χ4n) is 1.01. The Morgan fingerprint density at radius 3 is 2.10 bits per heavy atom. The molecule has 0 amide bonds. The second kappa shape index (κ2) is 3.19. The first-order chi connectivity index (χ1) is 4.21. The van der Waals surface area contributed by atoms with Crippen molar-refractivity contribution in [1.29, 1.82) is 0 Å². The van der Waals surface area contributed by atoms with Gasteiger partial charge in [0.25, 0.3) is 0 Å². The summed E-state index contributed by atoms with van der Waals surface area (Å²) >= 11 is 0. The summed E-state index contributed by atoms with van der Waals surface area (Å²) in [6.45, 7) is -0.706. The lowest BCUT2D eigenvalue weighted by molar-refractivity contribution is -0.155. The molecule has 1 aliphatic rings. The molecule has 2 nitrogen and oxygen atoms in total. The van der Waals surface area contributed by atoms with Crippen molar-refractivity contribution in [2.45, 2.75) is 19.3 Å². The summed E-state index contributed by atoms with van der Waals surface area (Å²) in [5, 5.41) is 8.44. The molecule has 0 atom stereocenters. The van der Waals surface area contributed by atoms with E-state index >= 15 is 0 Å². The molecule has 0 aromatic heterocycles. The van der Waals surface area contributed by atoms with Crippen LogP contribution in [-0.2, 0) is 4.79 Å². The minimum Gasteiger partial charge on any atom is -0.481 e. The van der Waals surface area contributed by atoms with Gasteiger partial charge in [0.15, 0.2) is 0 Å². The number of halogens is 2. The topological polar surface area (TPSA) is 37.3 Å². The van der Waals surface area contributed by atoms with E-state index in [0.717, 1.165) is 6.42 Å². The van der Waals surface area contributed by atoms with E-state index in [2.05, 4.69) is 0 Å². The molecule has 0 radical (unpaired) electrons. The highest BCUT2D eigenvalue weighted by atomic mass is 35.5. The van der Waals surface area contributed by atoms with Crippen molar-refractivity contribution in [1.82, 2.24) is 0 Å². The number of carboxylic acids is 1. The summed E-state index contributed by atoms with van der Waals surface area (Å²) in [5.74, 6) is -0.976. The average molecular weight is 169 g/mol. The fourth-order valence-corrected chi connectivity index (χ4v) is 1.01. The van der Waals surface area contributed by atoms with E-state index in [1.165, 1.54) is 0 Å². The highest BCUT2D eigenvalue weighted by Gasteiger charge is 2.44. The van der Waals surface area contributed by atoms with Crippen molar-refractivity contribution in [2.24, 2.45) is 5.41 Å². The van der Waals surface area contributed by atoms with Crippen LogP contribution in [0.25, 0.3) is 0 Å². The zero-order valence-corrected chi connectivity index (χ0v) is 6.29. The summed E-state index contributed by atoms with van der Waals surface area (Å²) in [4.78, 5) is 10.3. The van der Waals surface area contributed by atoms with Crippen LogP contribution in [0.5, 0.6) is 0 Å². The van der Waals surface area contributed by atoms with Crippen LogP contribution < -0.4 is 0 Å². The van der Waals surface area contributed by atoms with E-state index in [9.17, 15) is 9.18 Å². The van der Waals surface area contributed by atoms with Crippen molar-refractivity contribution >= 4 is 18.4 Å². The Morgan fingerprint density at radius 1 is 1.60 bits per heavy atom. The lowest BCUT2D eigenvalue weighted by Gasteiger charge is -2.34. The first kappa shape index (κ1) is 9.69. The van der Waals surface area contributed by atoms with Gasteiger partial charge in [-0.3, -0.25) is 4.79 Å². The number of rotatable bonds is 2. The average Bonchev–Trinajstić information content (AvgIpc) is 1.62.